The number of ether oxygens (including phenoxy) is 2. The molecule has 2 heterocycles. The molecular weight excluding hydrogens is 230 g/mol. The van der Waals surface area contributed by atoms with Gasteiger partial charge >= 0.3 is 0 Å². The predicted octanol–water partition coefficient (Wildman–Crippen LogP) is 1.11. The van der Waals surface area contributed by atoms with Gasteiger partial charge in [-0.3, -0.25) is 0 Å². The average Bonchev–Trinajstić information content (AvgIpc) is 2.30. The lowest BCUT2D eigenvalue weighted by molar-refractivity contribution is 0.122. The molecule has 5 nitrogen and oxygen atoms in total. The molecule has 1 aromatic heterocycles. The largest absolute Gasteiger partial charge is 0.378 e. The Hall–Kier alpha value is -0.910. The fourth-order valence-corrected chi connectivity index (χ4v) is 1.78. The minimum atomic E-state index is 0.444. The van der Waals surface area contributed by atoms with Gasteiger partial charge in [0.1, 0.15) is 5.15 Å². The van der Waals surface area contributed by atoms with Crippen molar-refractivity contribution in [2.45, 2.75) is 6.61 Å². The van der Waals surface area contributed by atoms with Crippen LogP contribution >= 0.6 is 11.6 Å². The highest BCUT2D eigenvalue weighted by atomic mass is 35.5. The molecule has 6 heteroatoms. The van der Waals surface area contributed by atoms with Crippen molar-refractivity contribution in [3.05, 3.63) is 16.9 Å². The number of hydrogen-bond acceptors (Lipinski definition) is 5. The fourth-order valence-electron chi connectivity index (χ4n) is 1.58. The molecule has 0 spiro atoms. The zero-order chi connectivity index (χ0) is 11.4. The van der Waals surface area contributed by atoms with E-state index in [1.54, 1.807) is 13.2 Å². The lowest BCUT2D eigenvalue weighted by Crippen LogP contribution is -2.37. The van der Waals surface area contributed by atoms with Crippen molar-refractivity contribution in [1.29, 1.82) is 0 Å². The molecule has 0 radical (unpaired) electrons. The van der Waals surface area contributed by atoms with E-state index in [-0.39, 0.29) is 0 Å². The van der Waals surface area contributed by atoms with Crippen LogP contribution in [0.25, 0.3) is 0 Å². The predicted molar refractivity (Wildman–Crippen MR) is 60.8 cm³/mol. The van der Waals surface area contributed by atoms with Crippen molar-refractivity contribution >= 4 is 17.5 Å². The van der Waals surface area contributed by atoms with E-state index in [0.717, 1.165) is 18.8 Å². The monoisotopic (exact) mass is 243 g/mol. The van der Waals surface area contributed by atoms with Crippen LogP contribution in [0.5, 0.6) is 0 Å². The fraction of sp³-hybridized carbons (Fsp3) is 0.600. The standard InChI is InChI=1S/C10H14ClN3O2/c1-15-7-8-6-9(11)13-10(12-8)14-2-4-16-5-3-14/h6H,2-5,7H2,1H3. The second-order valence-corrected chi connectivity index (χ2v) is 3.90. The van der Waals surface area contributed by atoms with E-state index >= 15 is 0 Å². The number of rotatable bonds is 3. The topological polar surface area (TPSA) is 47.5 Å². The summed E-state index contributed by atoms with van der Waals surface area (Å²) in [6, 6.07) is 1.72. The molecule has 1 fully saturated rings. The first kappa shape index (κ1) is 11.6. The minimum Gasteiger partial charge on any atom is -0.378 e. The van der Waals surface area contributed by atoms with Gasteiger partial charge in [-0.1, -0.05) is 11.6 Å². The van der Waals surface area contributed by atoms with Gasteiger partial charge in [0, 0.05) is 20.2 Å². The summed E-state index contributed by atoms with van der Waals surface area (Å²) in [5, 5.41) is 0.448. The molecule has 0 unspecified atom stereocenters. The van der Waals surface area contributed by atoms with Crippen LogP contribution in [0.2, 0.25) is 5.15 Å². The van der Waals surface area contributed by atoms with Crippen molar-refractivity contribution in [3.8, 4) is 0 Å². The summed E-state index contributed by atoms with van der Waals surface area (Å²) in [4.78, 5) is 10.7. The van der Waals surface area contributed by atoms with E-state index in [4.69, 9.17) is 21.1 Å². The van der Waals surface area contributed by atoms with Crippen molar-refractivity contribution in [2.75, 3.05) is 38.3 Å². The summed E-state index contributed by atoms with van der Waals surface area (Å²) in [6.45, 7) is 3.45. The van der Waals surface area contributed by atoms with Crippen LogP contribution in [0.4, 0.5) is 5.95 Å². The van der Waals surface area contributed by atoms with E-state index in [1.165, 1.54) is 0 Å². The first-order chi connectivity index (χ1) is 7.79. The highest BCUT2D eigenvalue weighted by molar-refractivity contribution is 6.29. The summed E-state index contributed by atoms with van der Waals surface area (Å²) in [5.41, 5.74) is 0.795. The molecule has 88 valence electrons. The van der Waals surface area contributed by atoms with Gasteiger partial charge in [0.15, 0.2) is 0 Å². The van der Waals surface area contributed by atoms with E-state index in [9.17, 15) is 0 Å². The number of aromatic nitrogens is 2. The molecule has 1 aliphatic heterocycles. The Balaban J connectivity index is 2.18. The van der Waals surface area contributed by atoms with E-state index in [2.05, 4.69) is 14.9 Å². The molecule has 1 saturated heterocycles. The SMILES string of the molecule is COCc1cc(Cl)nc(N2CCOCC2)n1. The van der Waals surface area contributed by atoms with Crippen molar-refractivity contribution in [1.82, 2.24) is 9.97 Å². The zero-order valence-corrected chi connectivity index (χ0v) is 9.90. The minimum absolute atomic E-state index is 0.444. The summed E-state index contributed by atoms with van der Waals surface area (Å²) in [6.07, 6.45) is 0. The average molecular weight is 244 g/mol. The third-order valence-electron chi connectivity index (χ3n) is 2.32. The Bertz CT molecular complexity index is 356. The number of anilines is 1. The van der Waals surface area contributed by atoms with Gasteiger partial charge in [-0.15, -0.1) is 0 Å². The maximum Gasteiger partial charge on any atom is 0.227 e. The molecule has 0 N–H and O–H groups in total. The zero-order valence-electron chi connectivity index (χ0n) is 9.15. The van der Waals surface area contributed by atoms with Gasteiger partial charge < -0.3 is 14.4 Å². The number of morpholine rings is 1. The number of hydrogen-bond donors (Lipinski definition) is 0. The maximum atomic E-state index is 5.94. The smallest absolute Gasteiger partial charge is 0.227 e. The van der Waals surface area contributed by atoms with Crippen LogP contribution < -0.4 is 4.90 Å². The molecule has 0 amide bonds. The Kier molecular flexibility index (Phi) is 3.93. The summed E-state index contributed by atoms with van der Waals surface area (Å²) < 4.78 is 10.3. The maximum absolute atomic E-state index is 5.94. The molecule has 0 saturated carbocycles. The van der Waals surface area contributed by atoms with Crippen molar-refractivity contribution in [3.63, 3.8) is 0 Å². The van der Waals surface area contributed by atoms with Crippen LogP contribution in [0, 0.1) is 0 Å². The number of halogens is 1. The lowest BCUT2D eigenvalue weighted by atomic mass is 10.4. The Morgan fingerprint density at radius 1 is 1.44 bits per heavy atom. The molecule has 2 rings (SSSR count). The van der Waals surface area contributed by atoms with Gasteiger partial charge in [0.25, 0.3) is 0 Å². The second kappa shape index (κ2) is 5.43. The van der Waals surface area contributed by atoms with Crippen molar-refractivity contribution < 1.29 is 9.47 Å². The molecule has 16 heavy (non-hydrogen) atoms. The summed E-state index contributed by atoms with van der Waals surface area (Å²) >= 11 is 5.94. The third kappa shape index (κ3) is 2.81. The van der Waals surface area contributed by atoms with Gasteiger partial charge in [-0.05, 0) is 6.07 Å². The molecule has 1 aliphatic rings. The van der Waals surface area contributed by atoms with Gasteiger partial charge in [0.2, 0.25) is 5.95 Å². The van der Waals surface area contributed by atoms with Crippen LogP contribution in [0.15, 0.2) is 6.07 Å². The quantitative estimate of drug-likeness (QED) is 0.745. The lowest BCUT2D eigenvalue weighted by Gasteiger charge is -2.27. The van der Waals surface area contributed by atoms with Gasteiger partial charge in [-0.2, -0.15) is 0 Å². The number of nitrogens with zero attached hydrogens (tertiary/aromatic N) is 3. The molecule has 0 atom stereocenters. The second-order valence-electron chi connectivity index (χ2n) is 3.51. The Morgan fingerprint density at radius 3 is 2.88 bits per heavy atom. The summed E-state index contributed by atoms with van der Waals surface area (Å²) in [5.74, 6) is 0.655. The number of methoxy groups -OCH3 is 1. The first-order valence-electron chi connectivity index (χ1n) is 5.14. The Labute approximate surface area is 99.3 Å². The normalized spacial score (nSPS) is 16.5. The third-order valence-corrected chi connectivity index (χ3v) is 2.52. The molecule has 1 aromatic rings. The molecule has 0 aromatic carbocycles. The molecular formula is C10H14ClN3O2. The highest BCUT2D eigenvalue weighted by Gasteiger charge is 2.15. The van der Waals surface area contributed by atoms with Crippen LogP contribution in [0.3, 0.4) is 0 Å². The van der Waals surface area contributed by atoms with Crippen molar-refractivity contribution in [2.24, 2.45) is 0 Å². The van der Waals surface area contributed by atoms with E-state index in [1.807, 2.05) is 0 Å². The van der Waals surface area contributed by atoms with E-state index < -0.39 is 0 Å². The molecule has 0 bridgehead atoms. The highest BCUT2D eigenvalue weighted by Crippen LogP contribution is 2.15. The van der Waals surface area contributed by atoms with E-state index in [0.29, 0.717) is 30.9 Å². The van der Waals surface area contributed by atoms with Gasteiger partial charge in [-0.25, -0.2) is 9.97 Å². The van der Waals surface area contributed by atoms with Crippen LogP contribution in [0.1, 0.15) is 5.69 Å². The van der Waals surface area contributed by atoms with Gasteiger partial charge in [0.05, 0.1) is 25.5 Å². The van der Waals surface area contributed by atoms with Crippen LogP contribution in [-0.2, 0) is 16.1 Å². The summed E-state index contributed by atoms with van der Waals surface area (Å²) in [7, 11) is 1.63. The Morgan fingerprint density at radius 2 is 2.19 bits per heavy atom. The first-order valence-corrected chi connectivity index (χ1v) is 5.52. The molecule has 0 aliphatic carbocycles. The van der Waals surface area contributed by atoms with Crippen LogP contribution in [-0.4, -0.2) is 43.4 Å².